The van der Waals surface area contributed by atoms with E-state index in [1.165, 1.54) is 17.4 Å². The van der Waals surface area contributed by atoms with Crippen LogP contribution in [-0.2, 0) is 20.8 Å². The Labute approximate surface area is 162 Å². The van der Waals surface area contributed by atoms with E-state index in [1.807, 2.05) is 39.0 Å². The highest BCUT2D eigenvalue weighted by molar-refractivity contribution is 7.14. The number of hydrogen-bond acceptors (Lipinski definition) is 6. The Balaban J connectivity index is 2.10. The molecule has 0 spiro atoms. The molecule has 0 aliphatic heterocycles. The van der Waals surface area contributed by atoms with E-state index >= 15 is 0 Å². The molecule has 0 amide bonds. The monoisotopic (exact) mass is 386 g/mol. The van der Waals surface area contributed by atoms with Crippen LogP contribution in [0.15, 0.2) is 23.8 Å². The van der Waals surface area contributed by atoms with Gasteiger partial charge in [-0.1, -0.05) is 0 Å². The number of aryl methyl sites for hydroxylation is 2. The van der Waals surface area contributed by atoms with Crippen molar-refractivity contribution in [3.63, 3.8) is 0 Å². The van der Waals surface area contributed by atoms with Gasteiger partial charge in [0.15, 0.2) is 6.61 Å². The SMILES string of the molecule is COCCn1c(C)cc(/C=C(\C#N)C(=O)OCC(=O)c2ccc(C)s2)c1C. The predicted molar refractivity (Wildman–Crippen MR) is 104 cm³/mol. The number of nitriles is 1. The second kappa shape index (κ2) is 9.31. The van der Waals surface area contributed by atoms with Crippen molar-refractivity contribution in [1.29, 1.82) is 5.26 Å². The Hall–Kier alpha value is -2.69. The van der Waals surface area contributed by atoms with Gasteiger partial charge in [-0.25, -0.2) is 4.79 Å². The molecule has 6 nitrogen and oxygen atoms in total. The molecule has 0 atom stereocenters. The second-order valence-electron chi connectivity index (χ2n) is 6.05. The number of hydrogen-bond donors (Lipinski definition) is 0. The van der Waals surface area contributed by atoms with E-state index in [0.29, 0.717) is 18.0 Å². The van der Waals surface area contributed by atoms with E-state index in [4.69, 9.17) is 9.47 Å². The zero-order valence-electron chi connectivity index (χ0n) is 15.9. The first-order valence-corrected chi connectivity index (χ1v) is 9.23. The Morgan fingerprint density at radius 1 is 1.30 bits per heavy atom. The lowest BCUT2D eigenvalue weighted by molar-refractivity contribution is -0.137. The van der Waals surface area contributed by atoms with Gasteiger partial charge in [-0.15, -0.1) is 11.3 Å². The Morgan fingerprint density at radius 3 is 2.63 bits per heavy atom. The molecule has 2 rings (SSSR count). The zero-order chi connectivity index (χ0) is 20.0. The lowest BCUT2D eigenvalue weighted by Gasteiger charge is -2.08. The molecule has 0 fully saturated rings. The molecular formula is C20H22N2O4S. The fourth-order valence-electron chi connectivity index (χ4n) is 2.66. The number of methoxy groups -OCH3 is 1. The van der Waals surface area contributed by atoms with Crippen molar-refractivity contribution in [3.8, 4) is 6.07 Å². The summed E-state index contributed by atoms with van der Waals surface area (Å²) in [7, 11) is 1.64. The number of ether oxygens (including phenoxy) is 2. The first-order chi connectivity index (χ1) is 12.9. The van der Waals surface area contributed by atoms with E-state index < -0.39 is 5.97 Å². The van der Waals surface area contributed by atoms with Crippen molar-refractivity contribution in [2.75, 3.05) is 20.3 Å². The molecule has 0 aromatic carbocycles. The highest BCUT2D eigenvalue weighted by Crippen LogP contribution is 2.19. The molecule has 0 bridgehead atoms. The van der Waals surface area contributed by atoms with E-state index in [2.05, 4.69) is 4.57 Å². The number of nitrogens with zero attached hydrogens (tertiary/aromatic N) is 2. The minimum atomic E-state index is -0.805. The van der Waals surface area contributed by atoms with E-state index in [0.717, 1.165) is 21.8 Å². The highest BCUT2D eigenvalue weighted by Gasteiger charge is 2.17. The Bertz CT molecular complexity index is 915. The normalized spacial score (nSPS) is 11.3. The zero-order valence-corrected chi connectivity index (χ0v) is 16.7. The van der Waals surface area contributed by atoms with E-state index in [-0.39, 0.29) is 18.0 Å². The summed E-state index contributed by atoms with van der Waals surface area (Å²) in [4.78, 5) is 25.8. The average molecular weight is 386 g/mol. The van der Waals surface area contributed by atoms with Crippen molar-refractivity contribution in [2.24, 2.45) is 0 Å². The van der Waals surface area contributed by atoms with Crippen LogP contribution in [0.3, 0.4) is 0 Å². The molecule has 0 aliphatic rings. The third kappa shape index (κ3) is 5.16. The van der Waals surface area contributed by atoms with Gasteiger partial charge in [0.1, 0.15) is 11.6 Å². The van der Waals surface area contributed by atoms with Crippen molar-refractivity contribution in [2.45, 2.75) is 27.3 Å². The average Bonchev–Trinajstić information content (AvgIpc) is 3.19. The summed E-state index contributed by atoms with van der Waals surface area (Å²) in [6.07, 6.45) is 1.49. The number of esters is 1. The van der Waals surface area contributed by atoms with E-state index in [1.54, 1.807) is 13.2 Å². The molecule has 0 saturated heterocycles. The summed E-state index contributed by atoms with van der Waals surface area (Å²) in [5, 5.41) is 9.32. The minimum Gasteiger partial charge on any atom is -0.453 e. The van der Waals surface area contributed by atoms with Crippen molar-refractivity contribution in [3.05, 3.63) is 50.5 Å². The molecule has 0 aliphatic carbocycles. The number of ketones is 1. The molecule has 27 heavy (non-hydrogen) atoms. The Morgan fingerprint density at radius 2 is 2.04 bits per heavy atom. The van der Waals surface area contributed by atoms with Crippen LogP contribution >= 0.6 is 11.3 Å². The number of Topliss-reactive ketones (excluding diaryl/α,β-unsaturated/α-hetero) is 1. The predicted octanol–water partition coefficient (Wildman–Crippen LogP) is 3.45. The highest BCUT2D eigenvalue weighted by atomic mass is 32.1. The Kier molecular flexibility index (Phi) is 7.11. The van der Waals surface area contributed by atoms with Crippen molar-refractivity contribution >= 4 is 29.2 Å². The van der Waals surface area contributed by atoms with Crippen LogP contribution in [-0.4, -0.2) is 36.6 Å². The molecule has 2 aromatic heterocycles. The third-order valence-electron chi connectivity index (χ3n) is 4.12. The molecule has 2 aromatic rings. The fourth-order valence-corrected chi connectivity index (χ4v) is 3.45. The molecule has 7 heteroatoms. The van der Waals surface area contributed by atoms with Crippen LogP contribution in [0.25, 0.3) is 6.08 Å². The van der Waals surface area contributed by atoms with Crippen LogP contribution in [0, 0.1) is 32.1 Å². The van der Waals surface area contributed by atoms with Crippen molar-refractivity contribution in [1.82, 2.24) is 4.57 Å². The lowest BCUT2D eigenvalue weighted by atomic mass is 10.1. The molecule has 0 N–H and O–H groups in total. The van der Waals surface area contributed by atoms with Gasteiger partial charge in [0.25, 0.3) is 0 Å². The first kappa shape index (κ1) is 20.6. The smallest absolute Gasteiger partial charge is 0.349 e. The lowest BCUT2D eigenvalue weighted by Crippen LogP contribution is -2.14. The van der Waals surface area contributed by atoms with Gasteiger partial charge in [-0.2, -0.15) is 5.26 Å². The van der Waals surface area contributed by atoms with Gasteiger partial charge in [0, 0.05) is 29.9 Å². The first-order valence-electron chi connectivity index (χ1n) is 8.41. The second-order valence-corrected chi connectivity index (χ2v) is 7.34. The molecule has 0 radical (unpaired) electrons. The van der Waals surface area contributed by atoms with Crippen molar-refractivity contribution < 1.29 is 19.1 Å². The standard InChI is InChI=1S/C20H22N2O4S/c1-13-9-16(15(3)22(13)7-8-25-4)10-17(11-21)20(24)26-12-18(23)19-6-5-14(2)27-19/h5-6,9-10H,7-8,12H2,1-4H3/b17-10+. The summed E-state index contributed by atoms with van der Waals surface area (Å²) >= 11 is 1.34. The van der Waals surface area contributed by atoms with Gasteiger partial charge < -0.3 is 14.0 Å². The summed E-state index contributed by atoms with van der Waals surface area (Å²) in [6.45, 7) is 6.63. The summed E-state index contributed by atoms with van der Waals surface area (Å²) < 4.78 is 12.2. The number of thiophene rings is 1. The van der Waals surface area contributed by atoms with Gasteiger partial charge in [0.2, 0.25) is 5.78 Å². The molecule has 142 valence electrons. The fraction of sp³-hybridized carbons (Fsp3) is 0.350. The van der Waals surface area contributed by atoms with Gasteiger partial charge in [-0.3, -0.25) is 4.79 Å². The molecule has 0 saturated carbocycles. The number of rotatable bonds is 8. The van der Waals surface area contributed by atoms with Crippen LogP contribution in [0.1, 0.15) is 31.5 Å². The number of carbonyl (C=O) groups excluding carboxylic acids is 2. The molecular weight excluding hydrogens is 364 g/mol. The van der Waals surface area contributed by atoms with Gasteiger partial charge in [-0.05, 0) is 50.6 Å². The summed E-state index contributed by atoms with van der Waals surface area (Å²) in [6, 6.07) is 7.29. The summed E-state index contributed by atoms with van der Waals surface area (Å²) in [5.41, 5.74) is 2.55. The maximum absolute atomic E-state index is 12.2. The number of aromatic nitrogens is 1. The maximum Gasteiger partial charge on any atom is 0.349 e. The van der Waals surface area contributed by atoms with E-state index in [9.17, 15) is 14.9 Å². The van der Waals surface area contributed by atoms with Crippen LogP contribution < -0.4 is 0 Å². The maximum atomic E-state index is 12.2. The summed E-state index contributed by atoms with van der Waals surface area (Å²) in [5.74, 6) is -1.09. The largest absolute Gasteiger partial charge is 0.453 e. The van der Waals surface area contributed by atoms with Crippen LogP contribution in [0.2, 0.25) is 0 Å². The van der Waals surface area contributed by atoms with Gasteiger partial charge in [0.05, 0.1) is 11.5 Å². The minimum absolute atomic E-state index is 0.142. The van der Waals surface area contributed by atoms with Crippen LogP contribution in [0.5, 0.6) is 0 Å². The van der Waals surface area contributed by atoms with Gasteiger partial charge >= 0.3 is 5.97 Å². The molecule has 0 unspecified atom stereocenters. The number of carbonyl (C=O) groups is 2. The quantitative estimate of drug-likeness (QED) is 0.300. The molecule has 2 heterocycles. The topological polar surface area (TPSA) is 81.3 Å². The third-order valence-corrected chi connectivity index (χ3v) is 5.16. The van der Waals surface area contributed by atoms with Crippen LogP contribution in [0.4, 0.5) is 0 Å².